The molecule has 0 aliphatic carbocycles. The fourth-order valence-corrected chi connectivity index (χ4v) is 10.1. The standard InChI is InChI=1S/C46H65N15O12S2/c47-27-22-74-75-23-33(45(73)61-17-5-9-34(61)44(72)56-28(8-4-16-53-46(51)52)39(67)54-21-37(50)65)60-43(71)32(20-36(49)64)59-40(68)29(14-15-35(48)63)55-41(69)31(18-24-6-2-1-3-7-24)58-42(70)30(57-38(27)66)19-25-10-12-26(62)13-11-25/h1-3,6-7,10-13,27-34,62H,4-5,8-9,14-23,47H2,(H2,48,63)(H2,49,64)(H2,50,65)(H,54,67)(H,55,69)(H,56,72)(H,57,66)(H,58,70)(H,59,68)(H,60,71)(H4,51,52,53)/t27-,28-,29-,30?,31-,32?,33?,34-/m0/s1. The minimum atomic E-state index is -1.80. The highest BCUT2D eigenvalue weighted by Crippen LogP contribution is 2.26. The van der Waals surface area contributed by atoms with Gasteiger partial charge in [0.2, 0.25) is 65.0 Å². The van der Waals surface area contributed by atoms with Gasteiger partial charge in [0.05, 0.1) is 19.0 Å². The van der Waals surface area contributed by atoms with Gasteiger partial charge in [-0.2, -0.15) is 0 Å². The number of amides is 11. The molecule has 0 radical (unpaired) electrons. The Hall–Kier alpha value is -7.66. The number of aromatic hydroxyl groups is 1. The molecule has 29 heteroatoms. The van der Waals surface area contributed by atoms with Crippen LogP contribution in [0.25, 0.3) is 0 Å². The Labute approximate surface area is 439 Å². The molecule has 2 heterocycles. The summed E-state index contributed by atoms with van der Waals surface area (Å²) in [5, 5.41) is 27.6. The predicted octanol–water partition coefficient (Wildman–Crippen LogP) is -5.40. The van der Waals surface area contributed by atoms with Crippen LogP contribution in [-0.4, -0.2) is 160 Å². The van der Waals surface area contributed by atoms with Crippen molar-refractivity contribution in [2.75, 3.05) is 31.1 Å². The molecule has 75 heavy (non-hydrogen) atoms. The highest BCUT2D eigenvalue weighted by atomic mass is 33.1. The first kappa shape index (κ1) is 59.9. The fourth-order valence-electron chi connectivity index (χ4n) is 7.80. The maximum Gasteiger partial charge on any atom is 0.246 e. The van der Waals surface area contributed by atoms with Crippen LogP contribution in [0.3, 0.4) is 0 Å². The lowest BCUT2D eigenvalue weighted by molar-refractivity contribution is -0.142. The lowest BCUT2D eigenvalue weighted by atomic mass is 10.0. The Morgan fingerprint density at radius 1 is 0.707 bits per heavy atom. The van der Waals surface area contributed by atoms with Crippen LogP contribution in [0, 0.1) is 0 Å². The van der Waals surface area contributed by atoms with Gasteiger partial charge >= 0.3 is 0 Å². The second kappa shape index (κ2) is 29.9. The van der Waals surface area contributed by atoms with Crippen molar-refractivity contribution < 1.29 is 57.8 Å². The quantitative estimate of drug-likeness (QED) is 0.0270. The first-order valence-electron chi connectivity index (χ1n) is 23.7. The number of rotatable bonds is 19. The van der Waals surface area contributed by atoms with E-state index in [9.17, 15) is 57.8 Å². The third-order valence-electron chi connectivity index (χ3n) is 11.6. The third-order valence-corrected chi connectivity index (χ3v) is 14.1. The Morgan fingerprint density at radius 2 is 1.28 bits per heavy atom. The van der Waals surface area contributed by atoms with Crippen LogP contribution < -0.4 is 71.6 Å². The zero-order chi connectivity index (χ0) is 55.2. The Morgan fingerprint density at radius 3 is 1.89 bits per heavy atom. The van der Waals surface area contributed by atoms with E-state index in [0.717, 1.165) is 21.6 Å². The molecule has 0 spiro atoms. The number of guanidine groups is 1. The average molecular weight is 1080 g/mol. The van der Waals surface area contributed by atoms with Crippen LogP contribution in [0.5, 0.6) is 5.75 Å². The lowest BCUT2D eigenvalue weighted by Gasteiger charge is -2.31. The summed E-state index contributed by atoms with van der Waals surface area (Å²) in [6, 6.07) is 2.80. The van der Waals surface area contributed by atoms with E-state index in [1.54, 1.807) is 30.3 Å². The van der Waals surface area contributed by atoms with Gasteiger partial charge in [-0.25, -0.2) is 0 Å². The number of aliphatic imine (C=N–C) groups is 1. The lowest BCUT2D eigenvalue weighted by Crippen LogP contribution is -2.61. The third kappa shape index (κ3) is 20.3. The molecule has 11 amide bonds. The zero-order valence-corrected chi connectivity index (χ0v) is 42.5. The molecule has 2 aromatic carbocycles. The van der Waals surface area contributed by atoms with Gasteiger partial charge in [-0.05, 0) is 55.4 Å². The molecule has 2 saturated heterocycles. The molecule has 4 rings (SSSR count). The van der Waals surface area contributed by atoms with E-state index in [1.165, 1.54) is 29.2 Å². The number of hydrogen-bond acceptors (Lipinski definition) is 16. The molecule has 2 aromatic rings. The Balaban J connectivity index is 1.71. The van der Waals surface area contributed by atoms with Crippen molar-refractivity contribution in [3.63, 3.8) is 0 Å². The first-order chi connectivity index (χ1) is 35.6. The highest BCUT2D eigenvalue weighted by Gasteiger charge is 2.40. The monoisotopic (exact) mass is 1080 g/mol. The number of phenolic OH excluding ortho intramolecular Hbond substituents is 1. The van der Waals surface area contributed by atoms with Gasteiger partial charge in [-0.3, -0.25) is 57.7 Å². The summed E-state index contributed by atoms with van der Waals surface area (Å²) >= 11 is 0. The van der Waals surface area contributed by atoms with Crippen molar-refractivity contribution in [3.05, 3.63) is 65.7 Å². The number of nitrogens with zero attached hydrogens (tertiary/aromatic N) is 2. The maximum absolute atomic E-state index is 14.6. The molecule has 2 aliphatic heterocycles. The van der Waals surface area contributed by atoms with Crippen LogP contribution in [-0.2, 0) is 65.6 Å². The summed E-state index contributed by atoms with van der Waals surface area (Å²) in [6.45, 7) is -0.443. The first-order valence-corrected chi connectivity index (χ1v) is 26.2. The number of benzene rings is 2. The van der Waals surface area contributed by atoms with Gasteiger partial charge < -0.3 is 81.6 Å². The van der Waals surface area contributed by atoms with Crippen molar-refractivity contribution in [2.45, 2.75) is 106 Å². The van der Waals surface area contributed by atoms with E-state index in [4.69, 9.17) is 34.4 Å². The average Bonchev–Trinajstić information content (AvgIpc) is 3.86. The molecule has 0 aromatic heterocycles. The molecular weight excluding hydrogens is 1020 g/mol. The number of carbonyl (C=O) groups excluding carboxylic acids is 11. The van der Waals surface area contributed by atoms with Crippen molar-refractivity contribution in [1.82, 2.24) is 42.1 Å². The molecule has 3 unspecified atom stereocenters. The molecule has 20 N–H and O–H groups in total. The molecule has 2 fully saturated rings. The number of nitrogens with one attached hydrogen (secondary N) is 7. The van der Waals surface area contributed by atoms with Crippen molar-refractivity contribution >= 4 is 92.5 Å². The van der Waals surface area contributed by atoms with E-state index in [2.05, 4.69) is 42.2 Å². The van der Waals surface area contributed by atoms with Gasteiger partial charge in [-0.1, -0.05) is 64.1 Å². The molecule has 0 saturated carbocycles. The van der Waals surface area contributed by atoms with Crippen molar-refractivity contribution in [1.29, 1.82) is 0 Å². The molecular formula is C46H65N15O12S2. The summed E-state index contributed by atoms with van der Waals surface area (Å²) in [4.78, 5) is 153. The molecule has 2 aliphatic rings. The Bertz CT molecular complexity index is 2420. The zero-order valence-electron chi connectivity index (χ0n) is 40.8. The summed E-state index contributed by atoms with van der Waals surface area (Å²) < 4.78 is 0. The normalized spacial score (nSPS) is 22.6. The van der Waals surface area contributed by atoms with Gasteiger partial charge in [0, 0.05) is 43.9 Å². The number of primary amides is 3. The van der Waals surface area contributed by atoms with Gasteiger partial charge in [0.1, 0.15) is 48.0 Å². The van der Waals surface area contributed by atoms with E-state index in [1.807, 2.05) is 0 Å². The highest BCUT2D eigenvalue weighted by molar-refractivity contribution is 8.76. The van der Waals surface area contributed by atoms with Crippen LogP contribution in [0.2, 0.25) is 0 Å². The number of nitrogens with two attached hydrogens (primary N) is 6. The SMILES string of the molecule is NC(=O)CC[C@@H]1NC(=O)[C@H](Cc2ccccc2)NC(=O)C(Cc2ccc(O)cc2)NC(=O)[C@@H](N)CSSCC(C(=O)N2CCC[C@H]2C(=O)N[C@@H](CCCN=C(N)N)C(=O)NCC(N)=O)NC(=O)C(CC(N)=O)NC1=O. The molecule has 0 bridgehead atoms. The molecule has 408 valence electrons. The van der Waals surface area contributed by atoms with Crippen LogP contribution in [0.4, 0.5) is 0 Å². The van der Waals surface area contributed by atoms with Crippen LogP contribution >= 0.6 is 21.6 Å². The van der Waals surface area contributed by atoms with E-state index in [-0.39, 0.29) is 68.4 Å². The van der Waals surface area contributed by atoms with Crippen LogP contribution in [0.15, 0.2) is 59.6 Å². The largest absolute Gasteiger partial charge is 0.508 e. The molecule has 8 atom stereocenters. The van der Waals surface area contributed by atoms with Gasteiger partial charge in [-0.15, -0.1) is 0 Å². The summed E-state index contributed by atoms with van der Waals surface area (Å²) in [7, 11) is 1.99. The van der Waals surface area contributed by atoms with Gasteiger partial charge in [0.25, 0.3) is 0 Å². The minimum absolute atomic E-state index is 0.00106. The van der Waals surface area contributed by atoms with E-state index >= 15 is 0 Å². The number of likely N-dealkylation sites (tertiary alicyclic amines) is 1. The van der Waals surface area contributed by atoms with Crippen LogP contribution in [0.1, 0.15) is 56.1 Å². The number of hydrogen-bond donors (Lipinski definition) is 14. The van der Waals surface area contributed by atoms with Crippen molar-refractivity contribution in [3.8, 4) is 5.75 Å². The maximum atomic E-state index is 14.6. The second-order valence-electron chi connectivity index (χ2n) is 17.6. The van der Waals surface area contributed by atoms with E-state index < -0.39 is 139 Å². The smallest absolute Gasteiger partial charge is 0.246 e. The van der Waals surface area contributed by atoms with Gasteiger partial charge in [0.15, 0.2) is 5.96 Å². The van der Waals surface area contributed by atoms with Crippen molar-refractivity contribution in [2.24, 2.45) is 39.4 Å². The molecule has 27 nitrogen and oxygen atoms in total. The second-order valence-corrected chi connectivity index (χ2v) is 20.2. The summed E-state index contributed by atoms with van der Waals surface area (Å²) in [6.07, 6.45) is -1.38. The Kier molecular flexibility index (Phi) is 23.9. The summed E-state index contributed by atoms with van der Waals surface area (Å²) in [5.41, 5.74) is 34.4. The van der Waals surface area contributed by atoms with E-state index in [0.29, 0.717) is 17.5 Å². The predicted molar refractivity (Wildman–Crippen MR) is 276 cm³/mol. The minimum Gasteiger partial charge on any atom is -0.508 e. The number of phenols is 1. The summed E-state index contributed by atoms with van der Waals surface area (Å²) in [5.74, 6) is -10.5. The number of carbonyl (C=O) groups is 11. The fraction of sp³-hybridized carbons (Fsp3) is 0.478. The topological polar surface area (TPSA) is 464 Å².